The number of benzene rings is 1. The van der Waals surface area contributed by atoms with Crippen LogP contribution in [0.4, 0.5) is 14.5 Å². The Hall–Kier alpha value is -3.11. The average Bonchev–Trinajstić information content (AvgIpc) is 3.32. The molecule has 0 radical (unpaired) electrons. The number of halogens is 2. The number of fused-ring (bicyclic) bond motifs is 1. The van der Waals surface area contributed by atoms with Gasteiger partial charge in [0, 0.05) is 34.0 Å². The average molecular weight is 460 g/mol. The largest absolute Gasteiger partial charge is 0.346 e. The third kappa shape index (κ3) is 4.28. The van der Waals surface area contributed by atoms with Gasteiger partial charge in [-0.2, -0.15) is 13.9 Å². The summed E-state index contributed by atoms with van der Waals surface area (Å²) in [5, 5.41) is 7.06. The molecule has 2 aromatic heterocycles. The summed E-state index contributed by atoms with van der Waals surface area (Å²) in [6, 6.07) is 8.09. The molecule has 0 fully saturated rings. The fourth-order valence-electron chi connectivity index (χ4n) is 3.82. The van der Waals surface area contributed by atoms with Crippen molar-refractivity contribution in [3.63, 3.8) is 0 Å². The van der Waals surface area contributed by atoms with Crippen molar-refractivity contribution in [3.05, 3.63) is 68.2 Å². The van der Waals surface area contributed by atoms with Crippen LogP contribution in [0.25, 0.3) is 10.4 Å². The maximum Gasteiger partial charge on any atom is 0.346 e. The third-order valence-corrected chi connectivity index (χ3v) is 6.64. The topological polar surface area (TPSA) is 94.9 Å². The number of amides is 1. The summed E-state index contributed by atoms with van der Waals surface area (Å²) >= 11 is 1.56. The van der Waals surface area contributed by atoms with Gasteiger partial charge in [0.2, 0.25) is 5.91 Å². The summed E-state index contributed by atoms with van der Waals surface area (Å²) in [6.07, 6.45) is -0.694. The number of nitrogens with one attached hydrogen (secondary N) is 1. The molecule has 7 nitrogen and oxygen atoms in total. The van der Waals surface area contributed by atoms with Gasteiger partial charge in [0.05, 0.1) is 13.1 Å². The Morgan fingerprint density at radius 3 is 2.72 bits per heavy atom. The van der Waals surface area contributed by atoms with E-state index < -0.39 is 11.8 Å². The van der Waals surface area contributed by atoms with E-state index in [0.29, 0.717) is 25.2 Å². The van der Waals surface area contributed by atoms with Crippen LogP contribution in [0.15, 0.2) is 40.7 Å². The van der Waals surface area contributed by atoms with Crippen LogP contribution in [-0.4, -0.2) is 26.8 Å². The predicted molar refractivity (Wildman–Crippen MR) is 120 cm³/mol. The molecule has 3 aromatic rings. The predicted octanol–water partition coefficient (Wildman–Crippen LogP) is 3.43. The number of aromatic nitrogens is 3. The zero-order valence-electron chi connectivity index (χ0n) is 17.7. The number of hydrogen-bond acceptors (Lipinski definition) is 5. The SMILES string of the molecule is Cc1cc(-c2ccc(Cn3c(C)nn(CC(CN)=C(F)F)c3=O)s2)cc2c1NC(=O)CC2. The summed E-state index contributed by atoms with van der Waals surface area (Å²) < 4.78 is 28.3. The van der Waals surface area contributed by atoms with Crippen LogP contribution >= 0.6 is 11.3 Å². The van der Waals surface area contributed by atoms with Gasteiger partial charge in [0.1, 0.15) is 5.82 Å². The molecule has 1 amide bonds. The van der Waals surface area contributed by atoms with Crippen LogP contribution in [0.5, 0.6) is 0 Å². The van der Waals surface area contributed by atoms with Crippen molar-refractivity contribution in [2.75, 3.05) is 11.9 Å². The number of aryl methyl sites for hydroxylation is 3. The first-order valence-electron chi connectivity index (χ1n) is 10.2. The van der Waals surface area contributed by atoms with Gasteiger partial charge in [-0.25, -0.2) is 9.48 Å². The number of rotatable bonds is 6. The number of nitrogens with zero attached hydrogens (tertiary/aromatic N) is 3. The molecule has 0 aliphatic carbocycles. The minimum Gasteiger partial charge on any atom is -0.327 e. The maximum absolute atomic E-state index is 12.9. The molecule has 0 bridgehead atoms. The number of thiophene rings is 1. The van der Waals surface area contributed by atoms with Gasteiger partial charge in [-0.15, -0.1) is 11.3 Å². The van der Waals surface area contributed by atoms with Gasteiger partial charge >= 0.3 is 5.69 Å². The Morgan fingerprint density at radius 2 is 2.00 bits per heavy atom. The molecule has 3 heterocycles. The zero-order chi connectivity index (χ0) is 23.0. The van der Waals surface area contributed by atoms with Gasteiger partial charge < -0.3 is 11.1 Å². The van der Waals surface area contributed by atoms with Crippen LogP contribution in [0.3, 0.4) is 0 Å². The molecule has 0 saturated heterocycles. The molecule has 0 atom stereocenters. The summed E-state index contributed by atoms with van der Waals surface area (Å²) in [5.41, 5.74) is 8.67. The normalized spacial score (nSPS) is 13.1. The van der Waals surface area contributed by atoms with Gasteiger partial charge in [-0.05, 0) is 61.2 Å². The Morgan fingerprint density at radius 1 is 1.22 bits per heavy atom. The summed E-state index contributed by atoms with van der Waals surface area (Å²) in [6.45, 7) is 3.29. The molecule has 168 valence electrons. The number of nitrogens with two attached hydrogens (primary N) is 1. The molecular weight excluding hydrogens is 436 g/mol. The molecule has 0 spiro atoms. The fraction of sp³-hybridized carbons (Fsp3) is 0.318. The molecule has 3 N–H and O–H groups in total. The second-order valence-electron chi connectivity index (χ2n) is 7.78. The van der Waals surface area contributed by atoms with Crippen LogP contribution in [0.2, 0.25) is 0 Å². The third-order valence-electron chi connectivity index (χ3n) is 5.53. The van der Waals surface area contributed by atoms with Crippen molar-refractivity contribution in [3.8, 4) is 10.4 Å². The van der Waals surface area contributed by atoms with Gasteiger partial charge in [0.15, 0.2) is 0 Å². The first-order valence-corrected chi connectivity index (χ1v) is 11.0. The van der Waals surface area contributed by atoms with Crippen LogP contribution in [0.1, 0.15) is 28.2 Å². The van der Waals surface area contributed by atoms with E-state index in [-0.39, 0.29) is 24.6 Å². The minimum atomic E-state index is -1.88. The lowest BCUT2D eigenvalue weighted by atomic mass is 9.96. The van der Waals surface area contributed by atoms with Crippen LogP contribution < -0.4 is 16.7 Å². The molecule has 0 unspecified atom stereocenters. The Kier molecular flexibility index (Phi) is 6.07. The number of carbonyl (C=O) groups excluding carboxylic acids is 1. The number of anilines is 1. The van der Waals surface area contributed by atoms with E-state index in [1.54, 1.807) is 18.3 Å². The van der Waals surface area contributed by atoms with Gasteiger partial charge in [-0.1, -0.05) is 0 Å². The minimum absolute atomic E-state index is 0.0384. The lowest BCUT2D eigenvalue weighted by Crippen LogP contribution is -2.27. The van der Waals surface area contributed by atoms with Crippen molar-refractivity contribution in [1.29, 1.82) is 0 Å². The second kappa shape index (κ2) is 8.79. The van der Waals surface area contributed by atoms with Crippen molar-refractivity contribution >= 4 is 22.9 Å². The number of carbonyl (C=O) groups is 1. The molecular formula is C22H23F2N5O2S. The lowest BCUT2D eigenvalue weighted by molar-refractivity contribution is -0.116. The van der Waals surface area contributed by atoms with Crippen molar-refractivity contribution in [2.45, 2.75) is 39.8 Å². The highest BCUT2D eigenvalue weighted by Crippen LogP contribution is 2.35. The Bertz CT molecular complexity index is 1280. The van der Waals surface area contributed by atoms with Gasteiger partial charge in [0.25, 0.3) is 6.08 Å². The highest BCUT2D eigenvalue weighted by Gasteiger charge is 2.19. The van der Waals surface area contributed by atoms with E-state index in [4.69, 9.17) is 5.73 Å². The quantitative estimate of drug-likeness (QED) is 0.591. The van der Waals surface area contributed by atoms with E-state index in [0.717, 1.165) is 36.8 Å². The molecule has 1 aliphatic heterocycles. The Balaban J connectivity index is 1.58. The molecule has 0 saturated carbocycles. The van der Waals surface area contributed by atoms with E-state index in [9.17, 15) is 18.4 Å². The van der Waals surface area contributed by atoms with Crippen molar-refractivity contribution < 1.29 is 13.6 Å². The lowest BCUT2D eigenvalue weighted by Gasteiger charge is -2.20. The maximum atomic E-state index is 12.9. The first-order chi connectivity index (χ1) is 15.3. The molecule has 32 heavy (non-hydrogen) atoms. The smallest absolute Gasteiger partial charge is 0.327 e. The molecule has 4 rings (SSSR count). The summed E-state index contributed by atoms with van der Waals surface area (Å²) in [4.78, 5) is 26.4. The Labute approximate surface area is 187 Å². The molecule has 1 aliphatic rings. The summed E-state index contributed by atoms with van der Waals surface area (Å²) in [7, 11) is 0. The van der Waals surface area contributed by atoms with Crippen molar-refractivity contribution in [2.24, 2.45) is 5.73 Å². The first kappa shape index (κ1) is 22.1. The highest BCUT2D eigenvalue weighted by molar-refractivity contribution is 7.15. The molecule has 10 heteroatoms. The standard InChI is InChI=1S/C22H23F2N5O2S/c1-12-7-15(8-14-3-6-19(30)26-20(12)14)18-5-4-17(32-18)11-28-13(2)27-29(22(28)31)10-16(9-25)21(23)24/h4-5,7-8H,3,6,9-11,25H2,1-2H3,(H,26,30). The molecule has 1 aromatic carbocycles. The van der Waals surface area contributed by atoms with Crippen LogP contribution in [0, 0.1) is 13.8 Å². The van der Waals surface area contributed by atoms with E-state index in [2.05, 4.69) is 16.5 Å². The van der Waals surface area contributed by atoms with E-state index in [1.807, 2.05) is 25.1 Å². The van der Waals surface area contributed by atoms with Gasteiger partial charge in [-0.3, -0.25) is 9.36 Å². The highest BCUT2D eigenvalue weighted by atomic mass is 32.1. The zero-order valence-corrected chi connectivity index (χ0v) is 18.6. The van der Waals surface area contributed by atoms with Crippen LogP contribution in [-0.2, 0) is 24.3 Å². The van der Waals surface area contributed by atoms with Crippen molar-refractivity contribution in [1.82, 2.24) is 14.3 Å². The second-order valence-corrected chi connectivity index (χ2v) is 8.95. The van der Waals surface area contributed by atoms with E-state index >= 15 is 0 Å². The van der Waals surface area contributed by atoms with E-state index in [1.165, 1.54) is 4.57 Å². The fourth-order valence-corrected chi connectivity index (χ4v) is 4.80. The monoisotopic (exact) mass is 459 g/mol. The summed E-state index contributed by atoms with van der Waals surface area (Å²) in [5.74, 6) is 0.484. The number of hydrogen-bond donors (Lipinski definition) is 2.